The molecule has 0 saturated carbocycles. The van der Waals surface area contributed by atoms with Gasteiger partial charge in [0.1, 0.15) is 0 Å². The molecule has 0 aliphatic heterocycles. The highest BCUT2D eigenvalue weighted by Gasteiger charge is 2.01. The van der Waals surface area contributed by atoms with Crippen LogP contribution in [0, 0.1) is 0 Å². The standard InChI is InChI=1S/C15H24N2O2/c1-2-3-4-11-19-15(18)9-10-17-12-13-5-7-14(16)8-6-13/h5-8,17H,2-4,9-12,16H2,1H3. The molecule has 0 bridgehead atoms. The Morgan fingerprint density at radius 3 is 2.68 bits per heavy atom. The van der Waals surface area contributed by atoms with Crippen LogP contribution in [-0.2, 0) is 16.1 Å². The first kappa shape index (κ1) is 15.5. The summed E-state index contributed by atoms with van der Waals surface area (Å²) >= 11 is 0. The molecule has 0 spiro atoms. The van der Waals surface area contributed by atoms with Crippen molar-refractivity contribution in [2.75, 3.05) is 18.9 Å². The molecule has 0 aliphatic rings. The third-order valence-electron chi connectivity index (χ3n) is 2.83. The average Bonchev–Trinajstić information content (AvgIpc) is 2.42. The summed E-state index contributed by atoms with van der Waals surface area (Å²) in [6.07, 6.45) is 3.63. The summed E-state index contributed by atoms with van der Waals surface area (Å²) in [6, 6.07) is 7.70. The van der Waals surface area contributed by atoms with Gasteiger partial charge in [-0.3, -0.25) is 4.79 Å². The molecular weight excluding hydrogens is 240 g/mol. The molecule has 0 amide bonds. The third kappa shape index (κ3) is 7.47. The topological polar surface area (TPSA) is 64.3 Å². The SMILES string of the molecule is CCCCCOC(=O)CCNCc1ccc(N)cc1. The van der Waals surface area contributed by atoms with Crippen LogP contribution in [0.15, 0.2) is 24.3 Å². The Balaban J connectivity index is 2.03. The smallest absolute Gasteiger partial charge is 0.307 e. The molecular formula is C15H24N2O2. The molecule has 106 valence electrons. The molecule has 0 saturated heterocycles. The Morgan fingerprint density at radius 2 is 2.00 bits per heavy atom. The number of nitrogens with one attached hydrogen (secondary N) is 1. The van der Waals surface area contributed by atoms with Gasteiger partial charge in [0.15, 0.2) is 0 Å². The number of unbranched alkanes of at least 4 members (excludes halogenated alkanes) is 2. The minimum Gasteiger partial charge on any atom is -0.466 e. The molecule has 3 N–H and O–H groups in total. The van der Waals surface area contributed by atoms with Crippen LogP contribution < -0.4 is 11.1 Å². The highest BCUT2D eigenvalue weighted by molar-refractivity contribution is 5.69. The van der Waals surface area contributed by atoms with E-state index in [1.54, 1.807) is 0 Å². The molecule has 0 radical (unpaired) electrons. The Labute approximate surface area is 115 Å². The van der Waals surface area contributed by atoms with Crippen molar-refractivity contribution >= 4 is 11.7 Å². The largest absolute Gasteiger partial charge is 0.466 e. The van der Waals surface area contributed by atoms with E-state index in [-0.39, 0.29) is 5.97 Å². The van der Waals surface area contributed by atoms with E-state index in [2.05, 4.69) is 12.2 Å². The number of carbonyl (C=O) groups is 1. The van der Waals surface area contributed by atoms with E-state index in [1.807, 2.05) is 24.3 Å². The first-order chi connectivity index (χ1) is 9.22. The van der Waals surface area contributed by atoms with Crippen LogP contribution in [0.2, 0.25) is 0 Å². The average molecular weight is 264 g/mol. The highest BCUT2D eigenvalue weighted by atomic mass is 16.5. The van der Waals surface area contributed by atoms with Gasteiger partial charge in [0.2, 0.25) is 0 Å². The zero-order chi connectivity index (χ0) is 13.9. The fourth-order valence-corrected chi connectivity index (χ4v) is 1.67. The summed E-state index contributed by atoms with van der Waals surface area (Å²) in [5, 5.41) is 3.21. The summed E-state index contributed by atoms with van der Waals surface area (Å²) in [5.74, 6) is -0.124. The van der Waals surface area contributed by atoms with Gasteiger partial charge >= 0.3 is 5.97 Å². The van der Waals surface area contributed by atoms with Crippen molar-refractivity contribution in [3.05, 3.63) is 29.8 Å². The van der Waals surface area contributed by atoms with E-state index in [0.29, 0.717) is 19.6 Å². The lowest BCUT2D eigenvalue weighted by atomic mass is 10.2. The number of nitrogens with two attached hydrogens (primary N) is 1. The molecule has 0 aliphatic carbocycles. The lowest BCUT2D eigenvalue weighted by Gasteiger charge is -2.06. The Hall–Kier alpha value is -1.55. The molecule has 0 fully saturated rings. The van der Waals surface area contributed by atoms with Crippen molar-refractivity contribution in [2.45, 2.75) is 39.2 Å². The van der Waals surface area contributed by atoms with E-state index < -0.39 is 0 Å². The van der Waals surface area contributed by atoms with Gasteiger partial charge in [0.05, 0.1) is 13.0 Å². The van der Waals surface area contributed by atoms with E-state index in [9.17, 15) is 4.79 Å². The second-order valence-corrected chi connectivity index (χ2v) is 4.60. The van der Waals surface area contributed by atoms with Gasteiger partial charge in [-0.1, -0.05) is 31.9 Å². The fourth-order valence-electron chi connectivity index (χ4n) is 1.67. The van der Waals surface area contributed by atoms with E-state index in [4.69, 9.17) is 10.5 Å². The number of benzene rings is 1. The van der Waals surface area contributed by atoms with Crippen LogP contribution in [0.5, 0.6) is 0 Å². The Kier molecular flexibility index (Phi) is 7.66. The van der Waals surface area contributed by atoms with Crippen LogP contribution in [0.4, 0.5) is 5.69 Å². The number of carbonyl (C=O) groups excluding carboxylic acids is 1. The maximum Gasteiger partial charge on any atom is 0.307 e. The lowest BCUT2D eigenvalue weighted by Crippen LogP contribution is -2.19. The summed E-state index contributed by atoms with van der Waals surface area (Å²) in [5.41, 5.74) is 7.53. The van der Waals surface area contributed by atoms with Gasteiger partial charge in [0, 0.05) is 18.8 Å². The highest BCUT2D eigenvalue weighted by Crippen LogP contribution is 2.04. The monoisotopic (exact) mass is 264 g/mol. The van der Waals surface area contributed by atoms with Crippen LogP contribution >= 0.6 is 0 Å². The molecule has 0 heterocycles. The minimum atomic E-state index is -0.124. The van der Waals surface area contributed by atoms with Crippen molar-refractivity contribution in [3.63, 3.8) is 0 Å². The van der Waals surface area contributed by atoms with Gasteiger partial charge in [-0.25, -0.2) is 0 Å². The molecule has 1 aromatic rings. The summed E-state index contributed by atoms with van der Waals surface area (Å²) in [4.78, 5) is 11.4. The van der Waals surface area contributed by atoms with E-state index >= 15 is 0 Å². The zero-order valence-electron chi connectivity index (χ0n) is 11.7. The summed E-state index contributed by atoms with van der Waals surface area (Å²) in [6.45, 7) is 4.05. The quantitative estimate of drug-likeness (QED) is 0.408. The number of hydrogen-bond donors (Lipinski definition) is 2. The molecule has 4 nitrogen and oxygen atoms in total. The maximum atomic E-state index is 11.4. The van der Waals surface area contributed by atoms with Crippen LogP contribution in [-0.4, -0.2) is 19.1 Å². The first-order valence-corrected chi connectivity index (χ1v) is 6.93. The van der Waals surface area contributed by atoms with Gasteiger partial charge in [-0.15, -0.1) is 0 Å². The second-order valence-electron chi connectivity index (χ2n) is 4.60. The number of anilines is 1. The van der Waals surface area contributed by atoms with Crippen molar-refractivity contribution in [1.29, 1.82) is 0 Å². The van der Waals surface area contributed by atoms with Gasteiger partial charge in [0.25, 0.3) is 0 Å². The van der Waals surface area contributed by atoms with Crippen LogP contribution in [0.3, 0.4) is 0 Å². The van der Waals surface area contributed by atoms with Crippen LogP contribution in [0.25, 0.3) is 0 Å². The Bertz CT molecular complexity index is 363. The molecule has 1 rings (SSSR count). The predicted octanol–water partition coefficient (Wildman–Crippen LogP) is 2.48. The fraction of sp³-hybridized carbons (Fsp3) is 0.533. The molecule has 1 aromatic carbocycles. The van der Waals surface area contributed by atoms with Crippen molar-refractivity contribution in [3.8, 4) is 0 Å². The second kappa shape index (κ2) is 9.39. The number of ether oxygens (including phenoxy) is 1. The number of nitrogen functional groups attached to an aromatic ring is 1. The molecule has 0 aromatic heterocycles. The van der Waals surface area contributed by atoms with E-state index in [0.717, 1.165) is 37.1 Å². The molecule has 19 heavy (non-hydrogen) atoms. The van der Waals surface area contributed by atoms with E-state index in [1.165, 1.54) is 0 Å². The van der Waals surface area contributed by atoms with Crippen LogP contribution in [0.1, 0.15) is 38.2 Å². The zero-order valence-corrected chi connectivity index (χ0v) is 11.7. The maximum absolute atomic E-state index is 11.4. The van der Waals surface area contributed by atoms with Crippen molar-refractivity contribution < 1.29 is 9.53 Å². The van der Waals surface area contributed by atoms with Crippen molar-refractivity contribution in [1.82, 2.24) is 5.32 Å². The molecule has 0 atom stereocenters. The number of esters is 1. The normalized spacial score (nSPS) is 10.4. The van der Waals surface area contributed by atoms with Gasteiger partial charge < -0.3 is 15.8 Å². The van der Waals surface area contributed by atoms with Crippen molar-refractivity contribution in [2.24, 2.45) is 0 Å². The predicted molar refractivity (Wildman–Crippen MR) is 77.7 cm³/mol. The lowest BCUT2D eigenvalue weighted by molar-refractivity contribution is -0.143. The third-order valence-corrected chi connectivity index (χ3v) is 2.83. The Morgan fingerprint density at radius 1 is 1.26 bits per heavy atom. The number of rotatable bonds is 9. The number of hydrogen-bond acceptors (Lipinski definition) is 4. The van der Waals surface area contributed by atoms with Gasteiger partial charge in [-0.05, 0) is 24.1 Å². The van der Waals surface area contributed by atoms with Gasteiger partial charge in [-0.2, -0.15) is 0 Å². The molecule has 0 unspecified atom stereocenters. The molecule has 4 heteroatoms. The first-order valence-electron chi connectivity index (χ1n) is 6.93. The summed E-state index contributed by atoms with van der Waals surface area (Å²) < 4.78 is 5.12. The minimum absolute atomic E-state index is 0.124. The summed E-state index contributed by atoms with van der Waals surface area (Å²) in [7, 11) is 0.